The highest BCUT2D eigenvalue weighted by Gasteiger charge is 2.63. The number of Topliss-reactive ketones (excluding diaryl/α,β-unsaturated/α-hetero) is 1. The number of hydrazine groups is 1. The Morgan fingerprint density at radius 2 is 1.58 bits per heavy atom. The first kappa shape index (κ1) is 50.4. The highest BCUT2D eigenvalue weighted by atomic mass is 16.8. The zero-order valence-electron chi connectivity index (χ0n) is 40.0. The molecule has 0 radical (unpaired) electrons. The molecule has 0 saturated carbocycles. The summed E-state index contributed by atoms with van der Waals surface area (Å²) < 4.78 is 33.9. The van der Waals surface area contributed by atoms with Crippen molar-refractivity contribution in [3.05, 3.63) is 54.1 Å². The number of carbonyl (C=O) groups excluding carboxylic acids is 3. The number of aliphatic hydroxyl groups is 3. The van der Waals surface area contributed by atoms with E-state index >= 15 is 0 Å². The molecule has 5 aliphatic rings. The fraction of sp³-hybridized carbons (Fsp3) is 0.745. The summed E-state index contributed by atoms with van der Waals surface area (Å²) in [6.07, 6.45) is 8.29. The molecule has 358 valence electrons. The van der Waals surface area contributed by atoms with Crippen LogP contribution >= 0.6 is 0 Å². The van der Waals surface area contributed by atoms with Crippen LogP contribution < -0.4 is 10.9 Å². The van der Waals surface area contributed by atoms with Crippen LogP contribution in [0, 0.1) is 41.4 Å². The maximum Gasteiger partial charge on any atom is 0.262 e. The van der Waals surface area contributed by atoms with Gasteiger partial charge in [-0.2, -0.15) is 0 Å². The summed E-state index contributed by atoms with van der Waals surface area (Å²) in [4.78, 5) is 40.6. The minimum atomic E-state index is -1.39. The Balaban J connectivity index is 1.10. The summed E-state index contributed by atoms with van der Waals surface area (Å²) in [6, 6.07) is 9.40. The van der Waals surface area contributed by atoms with Gasteiger partial charge in [0.2, 0.25) is 11.7 Å². The zero-order chi connectivity index (χ0) is 46.8. The third-order valence-corrected chi connectivity index (χ3v) is 16.0. The Kier molecular flexibility index (Phi) is 16.1. The topological polar surface area (TPSA) is 182 Å². The van der Waals surface area contributed by atoms with E-state index < -0.39 is 82.9 Å². The molecule has 1 aromatic carbocycles. The maximum absolute atomic E-state index is 14.7. The normalized spacial score (nSPS) is 40.2. The molecule has 1 aromatic rings. The lowest BCUT2D eigenvalue weighted by Gasteiger charge is -2.54. The summed E-state index contributed by atoms with van der Waals surface area (Å²) in [5, 5.41) is 34.6. The smallest absolute Gasteiger partial charge is 0.262 e. The van der Waals surface area contributed by atoms with Crippen molar-refractivity contribution in [3.63, 3.8) is 0 Å². The third kappa shape index (κ3) is 10.3. The summed E-state index contributed by atoms with van der Waals surface area (Å²) in [5.41, 5.74) is 4.27. The molecule has 2 spiro atoms. The largest absolute Gasteiger partial charge is 0.392 e. The van der Waals surface area contributed by atoms with E-state index in [-0.39, 0.29) is 41.7 Å². The van der Waals surface area contributed by atoms with E-state index in [0.717, 1.165) is 12.0 Å². The van der Waals surface area contributed by atoms with Crippen LogP contribution in [0.4, 0.5) is 0 Å². The van der Waals surface area contributed by atoms with Gasteiger partial charge in [-0.3, -0.25) is 25.2 Å². The van der Waals surface area contributed by atoms with Gasteiger partial charge in [-0.25, -0.2) is 0 Å². The number of ether oxygens (including phenoxy) is 5. The molecular formula is C51H78N2O11. The monoisotopic (exact) mass is 895 g/mol. The van der Waals surface area contributed by atoms with Crippen LogP contribution in [-0.4, -0.2) is 98.4 Å². The number of benzene rings is 1. The van der Waals surface area contributed by atoms with Crippen molar-refractivity contribution in [2.24, 2.45) is 41.4 Å². The van der Waals surface area contributed by atoms with Crippen molar-refractivity contribution in [2.75, 3.05) is 0 Å². The van der Waals surface area contributed by atoms with Crippen molar-refractivity contribution in [1.82, 2.24) is 10.9 Å². The SMILES string of the molecule is CC[C@@H](C(=O)[C@@H](C)[C@@H](O)[C@H](C)[C@@H]1O[C@@H]([C@@H](CC)C(=O)NNC(=O)/C=C/c2ccccc2)CCC1C)[C@H]1O[C@]2(C=C[C@@H](O)[C@]3(CC[C@@](C)([C@H]4CC[C@](O)(CC)[C@H](C)O4)O3)O2)[C@H](C)C[C@@H]1C. The van der Waals surface area contributed by atoms with E-state index in [2.05, 4.69) is 31.6 Å². The number of amides is 2. The van der Waals surface area contributed by atoms with Crippen molar-refractivity contribution in [2.45, 2.75) is 199 Å². The van der Waals surface area contributed by atoms with E-state index in [9.17, 15) is 29.7 Å². The van der Waals surface area contributed by atoms with Crippen molar-refractivity contribution in [3.8, 4) is 0 Å². The molecule has 0 aliphatic carbocycles. The third-order valence-electron chi connectivity index (χ3n) is 16.0. The Bertz CT molecular complexity index is 1830. The van der Waals surface area contributed by atoms with Gasteiger partial charge in [0.25, 0.3) is 5.91 Å². The van der Waals surface area contributed by atoms with Crippen LogP contribution in [0.1, 0.15) is 139 Å². The Morgan fingerprint density at radius 1 is 0.875 bits per heavy atom. The van der Waals surface area contributed by atoms with Crippen molar-refractivity contribution < 1.29 is 53.4 Å². The minimum Gasteiger partial charge on any atom is -0.392 e. The molecule has 6 rings (SSSR count). The molecule has 64 heavy (non-hydrogen) atoms. The van der Waals surface area contributed by atoms with Crippen LogP contribution in [0.3, 0.4) is 0 Å². The predicted molar refractivity (Wildman–Crippen MR) is 243 cm³/mol. The van der Waals surface area contributed by atoms with E-state index in [1.807, 2.05) is 71.9 Å². The average Bonchev–Trinajstić information content (AvgIpc) is 3.63. The molecule has 13 heteroatoms. The number of nitrogens with one attached hydrogen (secondary N) is 2. The number of aliphatic hydroxyl groups excluding tert-OH is 2. The highest BCUT2D eigenvalue weighted by Crippen LogP contribution is 2.54. The van der Waals surface area contributed by atoms with Crippen LogP contribution in [0.5, 0.6) is 0 Å². The first-order valence-corrected chi connectivity index (χ1v) is 24.3. The average molecular weight is 895 g/mol. The molecule has 5 N–H and O–H groups in total. The fourth-order valence-electron chi connectivity index (χ4n) is 11.5. The predicted octanol–water partition coefficient (Wildman–Crippen LogP) is 6.96. The molecule has 4 fully saturated rings. The number of carbonyl (C=O) groups is 3. The number of ketones is 1. The number of hydrogen-bond donors (Lipinski definition) is 5. The quantitative estimate of drug-likeness (QED) is 0.0740. The summed E-state index contributed by atoms with van der Waals surface area (Å²) >= 11 is 0. The molecule has 1 unspecified atom stereocenters. The molecule has 13 nitrogen and oxygen atoms in total. The van der Waals surface area contributed by atoms with Gasteiger partial charge >= 0.3 is 0 Å². The number of hydrogen-bond acceptors (Lipinski definition) is 11. The zero-order valence-corrected chi connectivity index (χ0v) is 40.0. The molecule has 0 bridgehead atoms. The highest BCUT2D eigenvalue weighted by molar-refractivity contribution is 5.93. The second-order valence-corrected chi connectivity index (χ2v) is 20.3. The molecule has 2 amide bonds. The van der Waals surface area contributed by atoms with Gasteiger partial charge in [-0.05, 0) is 107 Å². The van der Waals surface area contributed by atoms with E-state index in [1.54, 1.807) is 25.2 Å². The molecule has 5 heterocycles. The lowest BCUT2D eigenvalue weighted by molar-refractivity contribution is -0.409. The lowest BCUT2D eigenvalue weighted by atomic mass is 9.72. The maximum atomic E-state index is 14.7. The van der Waals surface area contributed by atoms with Crippen LogP contribution in [0.15, 0.2) is 48.6 Å². The van der Waals surface area contributed by atoms with Crippen molar-refractivity contribution in [1.29, 1.82) is 0 Å². The molecular weight excluding hydrogens is 817 g/mol. The van der Waals surface area contributed by atoms with E-state index in [0.29, 0.717) is 57.8 Å². The second-order valence-electron chi connectivity index (χ2n) is 20.3. The molecule has 4 saturated heterocycles. The van der Waals surface area contributed by atoms with Crippen LogP contribution in [0.2, 0.25) is 0 Å². The van der Waals surface area contributed by atoms with Crippen molar-refractivity contribution >= 4 is 23.7 Å². The minimum absolute atomic E-state index is 0.00968. The second kappa shape index (κ2) is 20.5. The first-order valence-electron chi connectivity index (χ1n) is 24.3. The summed E-state index contributed by atoms with van der Waals surface area (Å²) in [6.45, 7) is 19.7. The van der Waals surface area contributed by atoms with Gasteiger partial charge < -0.3 is 39.0 Å². The first-order chi connectivity index (χ1) is 30.3. The van der Waals surface area contributed by atoms with Gasteiger partial charge in [-0.1, -0.05) is 85.7 Å². The fourth-order valence-corrected chi connectivity index (χ4v) is 11.5. The standard InChI is InChI=1S/C51H78N2O11/c1-11-37(47(58)53-52-42(55)22-20-36-17-15-14-16-18-36)39-21-19-30(4)45(61-39)34(8)43(56)33(7)44(57)38(12-2)46-31(5)29-32(6)50(62-46)26-23-40(54)51(64-50)28-27-48(10,63-51)41-24-25-49(59,13-3)35(9)60-41/h14-18,20,22-23,26,30-35,37-41,43,45-46,54,56,59H,11-13,19,21,24-25,27-29H2,1-10H3,(H,52,55)(H,53,58)/b22-20+/t30?,31-,32+,33-,34-,35-,37+,38-,39+,40+,41+,43+,45+,46-,48-,49+,50-,51-/m0/s1. The van der Waals surface area contributed by atoms with Gasteiger partial charge in [0.1, 0.15) is 11.9 Å². The number of rotatable bonds is 14. The van der Waals surface area contributed by atoms with E-state index in [1.165, 1.54) is 6.08 Å². The van der Waals surface area contributed by atoms with E-state index in [4.69, 9.17) is 23.7 Å². The Labute approximate surface area is 381 Å². The Hall–Kier alpha value is -3.01. The molecule has 0 aromatic heterocycles. The molecule has 5 aliphatic heterocycles. The van der Waals surface area contributed by atoms with Gasteiger partial charge in [0, 0.05) is 36.2 Å². The van der Waals surface area contributed by atoms with Crippen LogP contribution in [-0.2, 0) is 38.1 Å². The molecule has 18 atom stereocenters. The van der Waals surface area contributed by atoms with Gasteiger partial charge in [-0.15, -0.1) is 0 Å². The van der Waals surface area contributed by atoms with Gasteiger partial charge in [0.15, 0.2) is 5.79 Å². The lowest BCUT2D eigenvalue weighted by Crippen LogP contribution is -2.63. The summed E-state index contributed by atoms with van der Waals surface area (Å²) in [5.74, 6) is -5.88. The van der Waals surface area contributed by atoms with Crippen LogP contribution in [0.25, 0.3) is 6.08 Å². The van der Waals surface area contributed by atoms with Gasteiger partial charge in [0.05, 0.1) is 53.7 Å². The summed E-state index contributed by atoms with van der Waals surface area (Å²) in [7, 11) is 0. The Morgan fingerprint density at radius 3 is 2.23 bits per heavy atom.